The first-order valence-electron chi connectivity index (χ1n) is 6.56. The van der Waals surface area contributed by atoms with Crippen LogP contribution in [-0.4, -0.2) is 17.6 Å². The van der Waals surface area contributed by atoms with Gasteiger partial charge in [-0.1, -0.05) is 45.4 Å². The first kappa shape index (κ1) is 13.5. The SMILES string of the molecule is C[C@@H](CCCCC1CC1)C[C@H](CN)C(=O)O. The number of rotatable bonds is 9. The van der Waals surface area contributed by atoms with Crippen LogP contribution in [-0.2, 0) is 4.79 Å². The zero-order valence-corrected chi connectivity index (χ0v) is 10.3. The maximum Gasteiger partial charge on any atom is 0.307 e. The van der Waals surface area contributed by atoms with Gasteiger partial charge in [0.25, 0.3) is 0 Å². The van der Waals surface area contributed by atoms with Crippen molar-refractivity contribution in [2.45, 2.75) is 51.9 Å². The molecule has 1 rings (SSSR count). The minimum absolute atomic E-state index is 0.266. The van der Waals surface area contributed by atoms with Gasteiger partial charge in [-0.05, 0) is 18.3 Å². The van der Waals surface area contributed by atoms with E-state index in [0.717, 1.165) is 18.8 Å². The quantitative estimate of drug-likeness (QED) is 0.595. The van der Waals surface area contributed by atoms with Gasteiger partial charge in [-0.3, -0.25) is 4.79 Å². The van der Waals surface area contributed by atoms with Crippen LogP contribution in [0, 0.1) is 17.8 Å². The molecule has 0 unspecified atom stereocenters. The summed E-state index contributed by atoms with van der Waals surface area (Å²) in [6.45, 7) is 2.41. The first-order valence-corrected chi connectivity index (χ1v) is 6.56. The van der Waals surface area contributed by atoms with Gasteiger partial charge in [0.15, 0.2) is 0 Å². The standard InChI is InChI=1S/C13H25NO2/c1-10(8-12(9-14)13(15)16)4-2-3-5-11-6-7-11/h10-12H,2-9,14H2,1H3,(H,15,16)/t10-,12+/m0/s1. The lowest BCUT2D eigenvalue weighted by atomic mass is 9.91. The second kappa shape index (κ2) is 6.89. The van der Waals surface area contributed by atoms with Crippen LogP contribution in [0.15, 0.2) is 0 Å². The Balaban J connectivity index is 2.03. The van der Waals surface area contributed by atoms with Crippen molar-refractivity contribution in [2.24, 2.45) is 23.5 Å². The first-order chi connectivity index (χ1) is 7.63. The van der Waals surface area contributed by atoms with Crippen molar-refractivity contribution in [2.75, 3.05) is 6.54 Å². The van der Waals surface area contributed by atoms with E-state index in [1.165, 1.54) is 32.1 Å². The van der Waals surface area contributed by atoms with Crippen molar-refractivity contribution in [3.05, 3.63) is 0 Å². The van der Waals surface area contributed by atoms with Gasteiger partial charge in [-0.2, -0.15) is 0 Å². The number of carboxylic acids is 1. The van der Waals surface area contributed by atoms with Crippen LogP contribution in [0.2, 0.25) is 0 Å². The molecule has 94 valence electrons. The van der Waals surface area contributed by atoms with Crippen LogP contribution in [0.3, 0.4) is 0 Å². The molecule has 1 aliphatic carbocycles. The van der Waals surface area contributed by atoms with Crippen LogP contribution in [0.1, 0.15) is 51.9 Å². The molecule has 0 spiro atoms. The number of carboxylic acid groups (broad SMARTS) is 1. The fourth-order valence-corrected chi connectivity index (χ4v) is 2.23. The molecule has 3 heteroatoms. The highest BCUT2D eigenvalue weighted by atomic mass is 16.4. The fourth-order valence-electron chi connectivity index (χ4n) is 2.23. The fraction of sp³-hybridized carbons (Fsp3) is 0.923. The van der Waals surface area contributed by atoms with Crippen LogP contribution in [0.4, 0.5) is 0 Å². The van der Waals surface area contributed by atoms with Gasteiger partial charge in [-0.25, -0.2) is 0 Å². The smallest absolute Gasteiger partial charge is 0.307 e. The maximum atomic E-state index is 10.8. The van der Waals surface area contributed by atoms with E-state index < -0.39 is 5.97 Å². The number of aliphatic carboxylic acids is 1. The summed E-state index contributed by atoms with van der Waals surface area (Å²) in [6.07, 6.45) is 8.69. The normalized spacial score (nSPS) is 19.4. The van der Waals surface area contributed by atoms with Crippen LogP contribution >= 0.6 is 0 Å². The van der Waals surface area contributed by atoms with E-state index in [1.54, 1.807) is 0 Å². The summed E-state index contributed by atoms with van der Waals surface area (Å²) in [5.41, 5.74) is 5.44. The van der Waals surface area contributed by atoms with Gasteiger partial charge in [0.2, 0.25) is 0 Å². The molecule has 0 aromatic carbocycles. The molecule has 0 amide bonds. The molecule has 0 saturated heterocycles. The second-order valence-corrected chi connectivity index (χ2v) is 5.34. The Hall–Kier alpha value is -0.570. The summed E-state index contributed by atoms with van der Waals surface area (Å²) in [5.74, 6) is 0.417. The van der Waals surface area contributed by atoms with E-state index in [9.17, 15) is 4.79 Å². The van der Waals surface area contributed by atoms with E-state index in [-0.39, 0.29) is 12.5 Å². The molecule has 1 saturated carbocycles. The molecule has 1 fully saturated rings. The molecule has 3 N–H and O–H groups in total. The maximum absolute atomic E-state index is 10.8. The molecule has 0 radical (unpaired) electrons. The van der Waals surface area contributed by atoms with Gasteiger partial charge in [0.1, 0.15) is 0 Å². The van der Waals surface area contributed by atoms with E-state index in [1.807, 2.05) is 0 Å². The van der Waals surface area contributed by atoms with Crippen molar-refractivity contribution >= 4 is 5.97 Å². The highest BCUT2D eigenvalue weighted by molar-refractivity contribution is 5.70. The molecule has 2 atom stereocenters. The van der Waals surface area contributed by atoms with Crippen LogP contribution in [0.5, 0.6) is 0 Å². The predicted molar refractivity (Wildman–Crippen MR) is 65.2 cm³/mol. The van der Waals surface area contributed by atoms with Gasteiger partial charge in [0.05, 0.1) is 5.92 Å². The topological polar surface area (TPSA) is 63.3 Å². The highest BCUT2D eigenvalue weighted by Gasteiger charge is 2.21. The Morgan fingerprint density at radius 2 is 2.12 bits per heavy atom. The lowest BCUT2D eigenvalue weighted by molar-refractivity contribution is -0.141. The number of hydrogen-bond acceptors (Lipinski definition) is 2. The number of unbranched alkanes of at least 4 members (excludes halogenated alkanes) is 1. The third-order valence-electron chi connectivity index (χ3n) is 3.58. The number of nitrogens with two attached hydrogens (primary N) is 1. The van der Waals surface area contributed by atoms with E-state index in [4.69, 9.17) is 10.8 Å². The molecule has 0 aromatic rings. The van der Waals surface area contributed by atoms with Crippen molar-refractivity contribution in [1.82, 2.24) is 0 Å². The molecule has 16 heavy (non-hydrogen) atoms. The summed E-state index contributed by atoms with van der Waals surface area (Å²) in [7, 11) is 0. The van der Waals surface area contributed by atoms with Gasteiger partial charge in [0, 0.05) is 6.54 Å². The number of hydrogen-bond donors (Lipinski definition) is 2. The number of carbonyl (C=O) groups is 1. The Bertz CT molecular complexity index is 214. The molecular weight excluding hydrogens is 202 g/mol. The average Bonchev–Trinajstić information content (AvgIpc) is 3.04. The molecular formula is C13H25NO2. The summed E-state index contributed by atoms with van der Waals surface area (Å²) in [4.78, 5) is 10.8. The van der Waals surface area contributed by atoms with Crippen LogP contribution in [0.25, 0.3) is 0 Å². The van der Waals surface area contributed by atoms with Crippen molar-refractivity contribution in [3.8, 4) is 0 Å². The summed E-state index contributed by atoms with van der Waals surface area (Å²) < 4.78 is 0. The molecule has 0 bridgehead atoms. The summed E-state index contributed by atoms with van der Waals surface area (Å²) in [6, 6.07) is 0. The Morgan fingerprint density at radius 1 is 1.44 bits per heavy atom. The molecule has 0 aliphatic heterocycles. The van der Waals surface area contributed by atoms with Crippen molar-refractivity contribution < 1.29 is 9.90 Å². The van der Waals surface area contributed by atoms with Crippen LogP contribution < -0.4 is 5.73 Å². The third-order valence-corrected chi connectivity index (χ3v) is 3.58. The molecule has 1 aliphatic rings. The minimum Gasteiger partial charge on any atom is -0.481 e. The van der Waals surface area contributed by atoms with Gasteiger partial charge >= 0.3 is 5.97 Å². The molecule has 3 nitrogen and oxygen atoms in total. The lowest BCUT2D eigenvalue weighted by Crippen LogP contribution is -2.25. The average molecular weight is 227 g/mol. The van der Waals surface area contributed by atoms with Gasteiger partial charge < -0.3 is 10.8 Å². The summed E-state index contributed by atoms with van der Waals surface area (Å²) >= 11 is 0. The minimum atomic E-state index is -0.743. The zero-order chi connectivity index (χ0) is 12.0. The van der Waals surface area contributed by atoms with E-state index in [2.05, 4.69) is 6.92 Å². The van der Waals surface area contributed by atoms with E-state index in [0.29, 0.717) is 5.92 Å². The molecule has 0 aromatic heterocycles. The summed E-state index contributed by atoms with van der Waals surface area (Å²) in [5, 5.41) is 8.89. The Morgan fingerprint density at radius 3 is 2.62 bits per heavy atom. The Labute approximate surface area is 98.4 Å². The van der Waals surface area contributed by atoms with E-state index >= 15 is 0 Å². The monoisotopic (exact) mass is 227 g/mol. The molecule has 0 heterocycles. The highest BCUT2D eigenvalue weighted by Crippen LogP contribution is 2.34. The largest absolute Gasteiger partial charge is 0.481 e. The zero-order valence-electron chi connectivity index (χ0n) is 10.3. The third kappa shape index (κ3) is 5.50. The predicted octanol–water partition coefficient (Wildman–Crippen LogP) is 2.64. The van der Waals surface area contributed by atoms with Crippen molar-refractivity contribution in [3.63, 3.8) is 0 Å². The Kier molecular flexibility index (Phi) is 5.81. The second-order valence-electron chi connectivity index (χ2n) is 5.34. The van der Waals surface area contributed by atoms with Gasteiger partial charge in [-0.15, -0.1) is 0 Å². The lowest BCUT2D eigenvalue weighted by Gasteiger charge is -2.15. The van der Waals surface area contributed by atoms with Crippen molar-refractivity contribution in [1.29, 1.82) is 0 Å².